The number of aryl methyl sites for hydroxylation is 2. The third kappa shape index (κ3) is 2.85. The zero-order chi connectivity index (χ0) is 10.6. The van der Waals surface area contributed by atoms with Gasteiger partial charge in [0.2, 0.25) is 5.91 Å². The Morgan fingerprint density at radius 3 is 2.93 bits per heavy atom. The van der Waals surface area contributed by atoms with Crippen molar-refractivity contribution in [3.05, 3.63) is 17.5 Å². The molecular weight excluding hydrogens is 180 g/mol. The minimum atomic E-state index is -0.0153. The molecule has 0 aliphatic rings. The van der Waals surface area contributed by atoms with Gasteiger partial charge in [0.05, 0.1) is 12.1 Å². The first-order valence-electron chi connectivity index (χ1n) is 4.59. The van der Waals surface area contributed by atoms with Crippen LogP contribution in [0.1, 0.15) is 11.4 Å². The van der Waals surface area contributed by atoms with Crippen molar-refractivity contribution in [2.24, 2.45) is 12.8 Å². The molecule has 0 spiro atoms. The van der Waals surface area contributed by atoms with Gasteiger partial charge >= 0.3 is 0 Å². The lowest BCUT2D eigenvalue weighted by Gasteiger charge is -2.03. The zero-order valence-corrected chi connectivity index (χ0v) is 8.58. The number of nitrogens with one attached hydrogen (secondary N) is 1. The molecule has 78 valence electrons. The van der Waals surface area contributed by atoms with Crippen molar-refractivity contribution in [2.75, 3.05) is 13.1 Å². The molecule has 14 heavy (non-hydrogen) atoms. The molecular formula is C9H16N4O. The molecule has 1 heterocycles. The van der Waals surface area contributed by atoms with Crippen LogP contribution in [0.3, 0.4) is 0 Å². The molecule has 0 fully saturated rings. The number of amides is 1. The monoisotopic (exact) mass is 196 g/mol. The molecule has 5 heteroatoms. The topological polar surface area (TPSA) is 72.9 Å². The molecule has 1 rings (SSSR count). The van der Waals surface area contributed by atoms with Crippen LogP contribution in [-0.2, 0) is 18.3 Å². The predicted octanol–water partition coefficient (Wildman–Crippen LogP) is -0.654. The minimum Gasteiger partial charge on any atom is -0.354 e. The van der Waals surface area contributed by atoms with Crippen LogP contribution in [0.4, 0.5) is 0 Å². The van der Waals surface area contributed by atoms with E-state index >= 15 is 0 Å². The average Bonchev–Trinajstić information content (AvgIpc) is 2.42. The van der Waals surface area contributed by atoms with Crippen molar-refractivity contribution in [1.82, 2.24) is 15.1 Å². The first-order chi connectivity index (χ1) is 6.63. The number of hydrogen-bond acceptors (Lipinski definition) is 3. The molecule has 0 saturated carbocycles. The van der Waals surface area contributed by atoms with Crippen LogP contribution in [0.5, 0.6) is 0 Å². The number of nitrogens with zero attached hydrogens (tertiary/aromatic N) is 2. The summed E-state index contributed by atoms with van der Waals surface area (Å²) >= 11 is 0. The maximum atomic E-state index is 11.3. The molecule has 3 N–H and O–H groups in total. The Balaban J connectivity index is 2.51. The Morgan fingerprint density at radius 2 is 2.43 bits per heavy atom. The summed E-state index contributed by atoms with van der Waals surface area (Å²) < 4.78 is 1.72. The van der Waals surface area contributed by atoms with E-state index in [4.69, 9.17) is 5.73 Å². The molecule has 0 aromatic carbocycles. The van der Waals surface area contributed by atoms with E-state index in [0.29, 0.717) is 19.5 Å². The van der Waals surface area contributed by atoms with Gasteiger partial charge in [-0.3, -0.25) is 9.48 Å². The maximum absolute atomic E-state index is 11.3. The van der Waals surface area contributed by atoms with Crippen molar-refractivity contribution in [3.8, 4) is 0 Å². The van der Waals surface area contributed by atoms with Gasteiger partial charge in [-0.05, 0) is 13.0 Å². The molecule has 0 aliphatic heterocycles. The third-order valence-corrected chi connectivity index (χ3v) is 1.91. The van der Waals surface area contributed by atoms with Gasteiger partial charge in [-0.2, -0.15) is 5.10 Å². The lowest BCUT2D eigenvalue weighted by atomic mass is 10.2. The highest BCUT2D eigenvalue weighted by atomic mass is 16.1. The normalized spacial score (nSPS) is 10.2. The summed E-state index contributed by atoms with van der Waals surface area (Å²) in [5.74, 6) is -0.0153. The molecule has 0 aliphatic carbocycles. The van der Waals surface area contributed by atoms with Crippen LogP contribution in [0.25, 0.3) is 0 Å². The summed E-state index contributed by atoms with van der Waals surface area (Å²) in [4.78, 5) is 11.3. The molecule has 1 aromatic rings. The molecule has 0 radical (unpaired) electrons. The fourth-order valence-electron chi connectivity index (χ4n) is 1.27. The van der Waals surface area contributed by atoms with E-state index in [1.165, 1.54) is 0 Å². The van der Waals surface area contributed by atoms with E-state index in [1.807, 2.05) is 20.0 Å². The van der Waals surface area contributed by atoms with Gasteiger partial charge in [-0.1, -0.05) is 0 Å². The summed E-state index contributed by atoms with van der Waals surface area (Å²) in [5, 5.41) is 6.87. The SMILES string of the molecule is Cc1cc(CC(=O)NCCN)n(C)n1. The minimum absolute atomic E-state index is 0.0153. The Hall–Kier alpha value is -1.36. The molecule has 0 bridgehead atoms. The Labute approximate surface area is 83.3 Å². The zero-order valence-electron chi connectivity index (χ0n) is 8.58. The van der Waals surface area contributed by atoms with Crippen LogP contribution in [0.2, 0.25) is 0 Å². The molecule has 1 aromatic heterocycles. The molecule has 5 nitrogen and oxygen atoms in total. The number of rotatable bonds is 4. The summed E-state index contributed by atoms with van der Waals surface area (Å²) in [6.45, 7) is 2.90. The maximum Gasteiger partial charge on any atom is 0.226 e. The first kappa shape index (κ1) is 10.7. The second-order valence-corrected chi connectivity index (χ2v) is 3.22. The van der Waals surface area contributed by atoms with E-state index in [0.717, 1.165) is 11.4 Å². The van der Waals surface area contributed by atoms with Crippen molar-refractivity contribution >= 4 is 5.91 Å². The quantitative estimate of drug-likeness (QED) is 0.672. The van der Waals surface area contributed by atoms with Crippen LogP contribution >= 0.6 is 0 Å². The van der Waals surface area contributed by atoms with Crippen LogP contribution in [0.15, 0.2) is 6.07 Å². The van der Waals surface area contributed by atoms with Crippen molar-refractivity contribution in [3.63, 3.8) is 0 Å². The van der Waals surface area contributed by atoms with Gasteiger partial charge in [-0.15, -0.1) is 0 Å². The number of nitrogens with two attached hydrogens (primary N) is 1. The van der Waals surface area contributed by atoms with Gasteiger partial charge in [-0.25, -0.2) is 0 Å². The standard InChI is InChI=1S/C9H16N4O/c1-7-5-8(13(2)12-7)6-9(14)11-4-3-10/h5H,3-4,6,10H2,1-2H3,(H,11,14). The van der Waals surface area contributed by atoms with Crippen LogP contribution in [0, 0.1) is 6.92 Å². The van der Waals surface area contributed by atoms with Gasteiger partial charge < -0.3 is 11.1 Å². The predicted molar refractivity (Wildman–Crippen MR) is 53.7 cm³/mol. The van der Waals surface area contributed by atoms with Gasteiger partial charge in [0.15, 0.2) is 0 Å². The van der Waals surface area contributed by atoms with E-state index in [2.05, 4.69) is 10.4 Å². The summed E-state index contributed by atoms with van der Waals surface area (Å²) in [7, 11) is 1.83. The summed E-state index contributed by atoms with van der Waals surface area (Å²) in [6.07, 6.45) is 0.358. The smallest absolute Gasteiger partial charge is 0.226 e. The fraction of sp³-hybridized carbons (Fsp3) is 0.556. The third-order valence-electron chi connectivity index (χ3n) is 1.91. The Kier molecular flexibility index (Phi) is 3.64. The van der Waals surface area contributed by atoms with E-state index in [9.17, 15) is 4.79 Å². The Morgan fingerprint density at radius 1 is 1.71 bits per heavy atom. The first-order valence-corrected chi connectivity index (χ1v) is 4.59. The highest BCUT2D eigenvalue weighted by Crippen LogP contribution is 2.02. The summed E-state index contributed by atoms with van der Waals surface area (Å²) in [6, 6.07) is 1.90. The fourth-order valence-corrected chi connectivity index (χ4v) is 1.27. The van der Waals surface area contributed by atoms with Gasteiger partial charge in [0.25, 0.3) is 0 Å². The van der Waals surface area contributed by atoms with E-state index in [-0.39, 0.29) is 5.91 Å². The molecule has 1 amide bonds. The molecule has 0 unspecified atom stereocenters. The number of hydrogen-bond donors (Lipinski definition) is 2. The lowest BCUT2D eigenvalue weighted by Crippen LogP contribution is -2.30. The van der Waals surface area contributed by atoms with E-state index < -0.39 is 0 Å². The van der Waals surface area contributed by atoms with E-state index in [1.54, 1.807) is 4.68 Å². The molecule has 0 atom stereocenters. The summed E-state index contributed by atoms with van der Waals surface area (Å²) in [5.41, 5.74) is 7.11. The largest absolute Gasteiger partial charge is 0.354 e. The second-order valence-electron chi connectivity index (χ2n) is 3.22. The molecule has 0 saturated heterocycles. The van der Waals surface area contributed by atoms with Crippen LogP contribution < -0.4 is 11.1 Å². The van der Waals surface area contributed by atoms with Crippen molar-refractivity contribution in [2.45, 2.75) is 13.3 Å². The Bertz CT molecular complexity index is 319. The van der Waals surface area contributed by atoms with Crippen molar-refractivity contribution < 1.29 is 4.79 Å². The highest BCUT2D eigenvalue weighted by molar-refractivity contribution is 5.78. The second kappa shape index (κ2) is 4.76. The number of aromatic nitrogens is 2. The van der Waals surface area contributed by atoms with Crippen molar-refractivity contribution in [1.29, 1.82) is 0 Å². The number of carbonyl (C=O) groups is 1. The highest BCUT2D eigenvalue weighted by Gasteiger charge is 2.07. The van der Waals surface area contributed by atoms with Gasteiger partial charge in [0, 0.05) is 25.8 Å². The van der Waals surface area contributed by atoms with Crippen LogP contribution in [-0.4, -0.2) is 28.8 Å². The average molecular weight is 196 g/mol. The lowest BCUT2D eigenvalue weighted by molar-refractivity contribution is -0.120. The van der Waals surface area contributed by atoms with Gasteiger partial charge in [0.1, 0.15) is 0 Å². The number of carbonyl (C=O) groups excluding carboxylic acids is 1.